The summed E-state index contributed by atoms with van der Waals surface area (Å²) in [6.07, 6.45) is 0. The maximum Gasteiger partial charge on any atom is 0.348 e. The van der Waals surface area contributed by atoms with Gasteiger partial charge in [-0.25, -0.2) is 4.79 Å². The first kappa shape index (κ1) is 14.6. The average Bonchev–Trinajstić information content (AvgIpc) is 2.54. The fourth-order valence-corrected chi connectivity index (χ4v) is 1.78. The van der Waals surface area contributed by atoms with Crippen molar-refractivity contribution in [3.63, 3.8) is 0 Å². The van der Waals surface area contributed by atoms with Crippen LogP contribution in [-0.4, -0.2) is 23.7 Å². The van der Waals surface area contributed by atoms with Crippen LogP contribution in [-0.2, 0) is 4.74 Å². The van der Waals surface area contributed by atoms with Gasteiger partial charge in [0, 0.05) is 5.56 Å². The van der Waals surface area contributed by atoms with E-state index in [1.807, 2.05) is 13.0 Å². The van der Waals surface area contributed by atoms with Crippen LogP contribution < -0.4 is 4.74 Å². The molecule has 0 saturated heterocycles. The third-order valence-corrected chi connectivity index (χ3v) is 2.71. The van der Waals surface area contributed by atoms with Crippen LogP contribution in [0.25, 0.3) is 0 Å². The molecule has 0 aliphatic rings. The molecule has 0 aliphatic carbocycles. The molecule has 5 heteroatoms. The largest absolute Gasteiger partial charge is 0.493 e. The van der Waals surface area contributed by atoms with E-state index in [-0.39, 0.29) is 11.5 Å². The van der Waals surface area contributed by atoms with Crippen molar-refractivity contribution in [3.8, 4) is 5.75 Å². The van der Waals surface area contributed by atoms with Gasteiger partial charge in [-0.05, 0) is 36.3 Å². The molecule has 2 aromatic rings. The summed E-state index contributed by atoms with van der Waals surface area (Å²) >= 11 is 0. The number of ether oxygens (including phenoxy) is 2. The first-order valence-corrected chi connectivity index (χ1v) is 6.47. The number of hydrogen-bond acceptors (Lipinski definition) is 5. The topological polar surface area (TPSA) is 68.1 Å². The van der Waals surface area contributed by atoms with E-state index in [1.165, 1.54) is 0 Å². The molecule has 5 nitrogen and oxygen atoms in total. The molecule has 0 heterocycles. The van der Waals surface area contributed by atoms with Gasteiger partial charge in [-0.3, -0.25) is 0 Å². The van der Waals surface area contributed by atoms with Crippen molar-refractivity contribution < 1.29 is 19.5 Å². The molecule has 0 atom stereocenters. The summed E-state index contributed by atoms with van der Waals surface area (Å²) in [5, 5.41) is 12.1. The molecular formula is C16H15NO4. The average molecular weight is 285 g/mol. The van der Waals surface area contributed by atoms with Crippen LogP contribution in [0.2, 0.25) is 0 Å². The predicted octanol–water partition coefficient (Wildman–Crippen LogP) is 3.08. The third-order valence-electron chi connectivity index (χ3n) is 2.71. The number of carbonyl (C=O) groups excluding carboxylic acids is 1. The monoisotopic (exact) mass is 285 g/mol. The molecule has 0 aromatic heterocycles. The van der Waals surface area contributed by atoms with Crippen LogP contribution in [0.1, 0.15) is 22.8 Å². The maximum atomic E-state index is 12.2. The lowest BCUT2D eigenvalue weighted by atomic mass is 10.2. The summed E-state index contributed by atoms with van der Waals surface area (Å²) in [5.41, 5.74) is 0.777. The molecule has 0 fully saturated rings. The molecule has 108 valence electrons. The fraction of sp³-hybridized carbons (Fsp3) is 0.125. The van der Waals surface area contributed by atoms with E-state index in [4.69, 9.17) is 14.7 Å². The zero-order valence-electron chi connectivity index (χ0n) is 11.5. The molecule has 0 aliphatic heterocycles. The Kier molecular flexibility index (Phi) is 4.93. The molecule has 0 spiro atoms. The van der Waals surface area contributed by atoms with E-state index in [2.05, 4.69) is 5.16 Å². The predicted molar refractivity (Wildman–Crippen MR) is 77.8 cm³/mol. The highest BCUT2D eigenvalue weighted by atomic mass is 16.6. The Morgan fingerprint density at radius 2 is 1.76 bits per heavy atom. The van der Waals surface area contributed by atoms with Gasteiger partial charge in [0.2, 0.25) is 0 Å². The van der Waals surface area contributed by atoms with Crippen molar-refractivity contribution in [2.75, 3.05) is 6.61 Å². The molecule has 0 bridgehead atoms. The van der Waals surface area contributed by atoms with Crippen LogP contribution in [0.4, 0.5) is 0 Å². The summed E-state index contributed by atoms with van der Waals surface area (Å²) < 4.78 is 10.5. The smallest absolute Gasteiger partial charge is 0.348 e. The molecule has 0 amide bonds. The Balaban J connectivity index is 2.21. The number of carbonyl (C=O) groups is 1. The summed E-state index contributed by atoms with van der Waals surface area (Å²) in [7, 11) is 0. The number of para-hydroxylation sites is 1. The normalized spacial score (nSPS) is 11.0. The van der Waals surface area contributed by atoms with Crippen molar-refractivity contribution in [2.24, 2.45) is 5.16 Å². The standard InChI is InChI=1S/C16H15NO4/c1-2-20-14-11-7-6-10-13(14)16(18)21-15(17-19)12-8-4-3-5-9-12/h3-11,19H,2H2,1H3. The number of esters is 1. The van der Waals surface area contributed by atoms with Crippen molar-refractivity contribution in [1.82, 2.24) is 0 Å². The minimum Gasteiger partial charge on any atom is -0.493 e. The number of hydrogen-bond donors (Lipinski definition) is 1. The zero-order valence-corrected chi connectivity index (χ0v) is 11.5. The van der Waals surface area contributed by atoms with E-state index in [1.54, 1.807) is 48.5 Å². The van der Waals surface area contributed by atoms with Gasteiger partial charge in [0.15, 0.2) is 0 Å². The highest BCUT2D eigenvalue weighted by molar-refractivity contribution is 6.05. The minimum atomic E-state index is -0.643. The van der Waals surface area contributed by atoms with Crippen molar-refractivity contribution in [1.29, 1.82) is 0 Å². The highest BCUT2D eigenvalue weighted by Crippen LogP contribution is 2.19. The summed E-state index contributed by atoms with van der Waals surface area (Å²) in [6, 6.07) is 15.4. The Labute approximate surface area is 122 Å². The molecule has 0 unspecified atom stereocenters. The fourth-order valence-electron chi connectivity index (χ4n) is 1.78. The van der Waals surface area contributed by atoms with Gasteiger partial charge in [-0.1, -0.05) is 30.3 Å². The van der Waals surface area contributed by atoms with E-state index in [0.29, 0.717) is 17.9 Å². The molecular weight excluding hydrogens is 270 g/mol. The summed E-state index contributed by atoms with van der Waals surface area (Å²) in [6.45, 7) is 2.26. The van der Waals surface area contributed by atoms with Gasteiger partial charge in [0.05, 0.1) is 6.61 Å². The zero-order chi connectivity index (χ0) is 15.1. The molecule has 2 rings (SSSR count). The molecule has 21 heavy (non-hydrogen) atoms. The Morgan fingerprint density at radius 3 is 2.43 bits per heavy atom. The van der Waals surface area contributed by atoms with Gasteiger partial charge in [0.25, 0.3) is 5.90 Å². The lowest BCUT2D eigenvalue weighted by Gasteiger charge is -2.10. The number of oxime groups is 1. The second-order valence-corrected chi connectivity index (χ2v) is 4.09. The first-order valence-electron chi connectivity index (χ1n) is 6.47. The number of rotatable bonds is 4. The summed E-state index contributed by atoms with van der Waals surface area (Å²) in [5.74, 6) is -0.377. The maximum absolute atomic E-state index is 12.2. The van der Waals surface area contributed by atoms with Gasteiger partial charge in [-0.2, -0.15) is 0 Å². The minimum absolute atomic E-state index is 0.160. The van der Waals surface area contributed by atoms with Crippen LogP contribution in [0.5, 0.6) is 5.75 Å². The SMILES string of the molecule is CCOc1ccccc1C(=O)OC(=NO)c1ccccc1. The van der Waals surface area contributed by atoms with Crippen molar-refractivity contribution in [2.45, 2.75) is 6.92 Å². The van der Waals surface area contributed by atoms with Crippen LogP contribution in [0, 0.1) is 0 Å². The third kappa shape index (κ3) is 3.60. The van der Waals surface area contributed by atoms with E-state index < -0.39 is 5.97 Å². The van der Waals surface area contributed by atoms with Crippen molar-refractivity contribution in [3.05, 3.63) is 65.7 Å². The highest BCUT2D eigenvalue weighted by Gasteiger charge is 2.17. The molecule has 2 aromatic carbocycles. The van der Waals surface area contributed by atoms with Crippen LogP contribution >= 0.6 is 0 Å². The molecule has 0 saturated carbocycles. The number of nitrogens with zero attached hydrogens (tertiary/aromatic N) is 1. The molecule has 1 N–H and O–H groups in total. The summed E-state index contributed by atoms with van der Waals surface area (Å²) in [4.78, 5) is 12.2. The van der Waals surface area contributed by atoms with Gasteiger partial charge >= 0.3 is 5.97 Å². The second-order valence-electron chi connectivity index (χ2n) is 4.09. The second kappa shape index (κ2) is 7.09. The first-order chi connectivity index (χ1) is 10.3. The van der Waals surface area contributed by atoms with E-state index in [0.717, 1.165) is 0 Å². The van der Waals surface area contributed by atoms with E-state index in [9.17, 15) is 4.79 Å². The lowest BCUT2D eigenvalue weighted by molar-refractivity contribution is 0.0704. The van der Waals surface area contributed by atoms with Gasteiger partial charge in [0.1, 0.15) is 11.3 Å². The Morgan fingerprint density at radius 1 is 1.10 bits per heavy atom. The quantitative estimate of drug-likeness (QED) is 0.308. The van der Waals surface area contributed by atoms with Crippen LogP contribution in [0.15, 0.2) is 59.8 Å². The van der Waals surface area contributed by atoms with Crippen LogP contribution in [0.3, 0.4) is 0 Å². The Bertz CT molecular complexity index is 638. The van der Waals surface area contributed by atoms with Crippen molar-refractivity contribution >= 4 is 11.9 Å². The molecule has 0 radical (unpaired) electrons. The Hall–Kier alpha value is -2.82. The van der Waals surface area contributed by atoms with Gasteiger partial charge in [-0.15, -0.1) is 0 Å². The number of benzene rings is 2. The lowest BCUT2D eigenvalue weighted by Crippen LogP contribution is -2.15. The van der Waals surface area contributed by atoms with E-state index >= 15 is 0 Å². The van der Waals surface area contributed by atoms with Gasteiger partial charge < -0.3 is 14.7 Å².